The fourth-order valence-electron chi connectivity index (χ4n) is 3.75. The van der Waals surface area contributed by atoms with Gasteiger partial charge >= 0.3 is 18.5 Å². The van der Waals surface area contributed by atoms with Crippen molar-refractivity contribution in [1.29, 1.82) is 0 Å². The number of hydrogen-bond acceptors (Lipinski definition) is 2. The van der Waals surface area contributed by atoms with Gasteiger partial charge in [0.2, 0.25) is 0 Å². The van der Waals surface area contributed by atoms with Gasteiger partial charge in [-0.25, -0.2) is 0 Å². The predicted octanol–water partition coefficient (Wildman–Crippen LogP) is 4.18. The summed E-state index contributed by atoms with van der Waals surface area (Å²) in [6.07, 6.45) is -25.2. The van der Waals surface area contributed by atoms with Crippen molar-refractivity contribution in [2.45, 2.75) is 56.6 Å². The van der Waals surface area contributed by atoms with E-state index in [1.807, 2.05) is 0 Å². The summed E-state index contributed by atoms with van der Waals surface area (Å²) in [7, 11) is 0. The highest BCUT2D eigenvalue weighted by Crippen LogP contribution is 2.64. The molecule has 23 heavy (non-hydrogen) atoms. The van der Waals surface area contributed by atoms with Crippen molar-refractivity contribution in [1.82, 2.24) is 0 Å². The van der Waals surface area contributed by atoms with Crippen LogP contribution in [0.2, 0.25) is 0 Å². The highest BCUT2D eigenvalue weighted by atomic mass is 19.4. The molecule has 2 saturated carbocycles. The van der Waals surface area contributed by atoms with Crippen LogP contribution < -0.4 is 0 Å². The first-order valence-electron chi connectivity index (χ1n) is 6.73. The van der Waals surface area contributed by atoms with Crippen LogP contribution in [0, 0.1) is 17.3 Å². The summed E-state index contributed by atoms with van der Waals surface area (Å²) in [6, 6.07) is 0. The van der Waals surface area contributed by atoms with E-state index in [4.69, 9.17) is 0 Å². The molecule has 2 fully saturated rings. The van der Waals surface area contributed by atoms with Gasteiger partial charge in [0.05, 0.1) is 0 Å². The summed E-state index contributed by atoms with van der Waals surface area (Å²) in [4.78, 5) is 0. The molecule has 0 saturated heterocycles. The molecule has 2 bridgehead atoms. The van der Waals surface area contributed by atoms with Gasteiger partial charge in [-0.15, -0.1) is 0 Å². The van der Waals surface area contributed by atoms with Crippen LogP contribution >= 0.6 is 0 Å². The Morgan fingerprint density at radius 3 is 1.74 bits per heavy atom. The van der Waals surface area contributed by atoms with Crippen molar-refractivity contribution in [3.05, 3.63) is 0 Å². The molecule has 136 valence electrons. The minimum atomic E-state index is -5.98. The van der Waals surface area contributed by atoms with Crippen LogP contribution in [0.5, 0.6) is 0 Å². The highest BCUT2D eigenvalue weighted by molar-refractivity contribution is 5.06. The molecule has 0 heterocycles. The summed E-state index contributed by atoms with van der Waals surface area (Å²) >= 11 is 0. The van der Waals surface area contributed by atoms with Crippen LogP contribution in [0.25, 0.3) is 0 Å². The van der Waals surface area contributed by atoms with Gasteiger partial charge in [-0.3, -0.25) is 0 Å². The van der Waals surface area contributed by atoms with Gasteiger partial charge < -0.3 is 9.84 Å². The molecular weight excluding hydrogens is 347 g/mol. The van der Waals surface area contributed by atoms with E-state index in [1.165, 1.54) is 0 Å². The quantitative estimate of drug-likeness (QED) is 0.604. The van der Waals surface area contributed by atoms with Crippen LogP contribution in [0.15, 0.2) is 0 Å². The molecule has 0 amide bonds. The molecule has 0 radical (unpaired) electrons. The summed E-state index contributed by atoms with van der Waals surface area (Å²) in [6.45, 7) is 0. The third-order valence-electron chi connectivity index (χ3n) is 4.72. The summed E-state index contributed by atoms with van der Waals surface area (Å²) < 4.78 is 118. The van der Waals surface area contributed by atoms with Crippen LogP contribution in [-0.2, 0) is 4.74 Å². The molecule has 2 rings (SSSR count). The molecule has 2 nitrogen and oxygen atoms in total. The monoisotopic (exact) mass is 360 g/mol. The second-order valence-corrected chi connectivity index (χ2v) is 6.07. The van der Waals surface area contributed by atoms with Crippen molar-refractivity contribution in [3.63, 3.8) is 0 Å². The number of halogens is 9. The zero-order valence-corrected chi connectivity index (χ0v) is 11.4. The SMILES string of the molecule is OC(OC(C(F)(F)F)C(F)(F)F)C1(C(F)(F)F)CC2CCC1C2. The van der Waals surface area contributed by atoms with E-state index in [9.17, 15) is 44.6 Å². The maximum Gasteiger partial charge on any atom is 0.423 e. The highest BCUT2D eigenvalue weighted by Gasteiger charge is 2.71. The van der Waals surface area contributed by atoms with Crippen LogP contribution in [0.3, 0.4) is 0 Å². The molecule has 11 heteroatoms. The smallest absolute Gasteiger partial charge is 0.367 e. The Labute approximate surface area is 124 Å². The van der Waals surface area contributed by atoms with Crippen molar-refractivity contribution < 1.29 is 49.4 Å². The van der Waals surface area contributed by atoms with Crippen molar-refractivity contribution in [3.8, 4) is 0 Å². The third-order valence-corrected chi connectivity index (χ3v) is 4.72. The van der Waals surface area contributed by atoms with Crippen molar-refractivity contribution in [2.75, 3.05) is 0 Å². The Bertz CT molecular complexity index is 427. The summed E-state index contributed by atoms with van der Waals surface area (Å²) in [5.74, 6) is -1.74. The fourth-order valence-corrected chi connectivity index (χ4v) is 3.75. The van der Waals surface area contributed by atoms with Gasteiger partial charge in [-0.05, 0) is 31.1 Å². The van der Waals surface area contributed by atoms with E-state index < -0.39 is 54.6 Å². The molecule has 1 N–H and O–H groups in total. The van der Waals surface area contributed by atoms with Gasteiger partial charge in [0.25, 0.3) is 6.10 Å². The third kappa shape index (κ3) is 3.13. The lowest BCUT2D eigenvalue weighted by molar-refractivity contribution is -0.390. The van der Waals surface area contributed by atoms with E-state index in [2.05, 4.69) is 4.74 Å². The largest absolute Gasteiger partial charge is 0.423 e. The van der Waals surface area contributed by atoms with Crippen LogP contribution in [0.4, 0.5) is 39.5 Å². The number of fused-ring (bicyclic) bond motifs is 2. The average Bonchev–Trinajstić information content (AvgIpc) is 2.92. The fraction of sp³-hybridized carbons (Fsp3) is 1.00. The lowest BCUT2D eigenvalue weighted by Gasteiger charge is -2.43. The Balaban J connectivity index is 2.31. The maximum absolute atomic E-state index is 13.4. The van der Waals surface area contributed by atoms with Gasteiger partial charge in [0.1, 0.15) is 5.41 Å². The zero-order chi connectivity index (χ0) is 17.8. The lowest BCUT2D eigenvalue weighted by Crippen LogP contribution is -2.56. The second kappa shape index (κ2) is 5.40. The van der Waals surface area contributed by atoms with Gasteiger partial charge in [0, 0.05) is 0 Å². The first-order valence-corrected chi connectivity index (χ1v) is 6.73. The van der Waals surface area contributed by atoms with E-state index in [0.717, 1.165) is 0 Å². The maximum atomic E-state index is 13.4. The number of ether oxygens (including phenoxy) is 1. The molecule has 4 unspecified atom stereocenters. The molecule has 0 aromatic carbocycles. The Kier molecular flexibility index (Phi) is 4.37. The first-order chi connectivity index (χ1) is 10.2. The molecule has 0 spiro atoms. The van der Waals surface area contributed by atoms with E-state index in [-0.39, 0.29) is 12.8 Å². The Morgan fingerprint density at radius 2 is 1.43 bits per heavy atom. The molecule has 0 aromatic heterocycles. The number of aliphatic hydroxyl groups is 1. The topological polar surface area (TPSA) is 29.5 Å². The molecular formula is C12H13F9O2. The van der Waals surface area contributed by atoms with Crippen molar-refractivity contribution in [2.24, 2.45) is 17.3 Å². The van der Waals surface area contributed by atoms with Crippen LogP contribution in [0.1, 0.15) is 25.7 Å². The molecule has 4 atom stereocenters. The molecule has 2 aliphatic rings. The summed E-state index contributed by atoms with van der Waals surface area (Å²) in [5, 5.41) is 9.61. The molecule has 0 aliphatic heterocycles. The zero-order valence-electron chi connectivity index (χ0n) is 11.4. The van der Waals surface area contributed by atoms with Crippen molar-refractivity contribution >= 4 is 0 Å². The minimum absolute atomic E-state index is 0.00261. The average molecular weight is 360 g/mol. The number of aliphatic hydroxyl groups excluding tert-OH is 1. The first kappa shape index (κ1) is 18.6. The lowest BCUT2D eigenvalue weighted by atomic mass is 9.71. The Hall–Kier alpha value is -0.710. The second-order valence-electron chi connectivity index (χ2n) is 6.07. The van der Waals surface area contributed by atoms with E-state index >= 15 is 0 Å². The normalized spacial score (nSPS) is 33.5. The van der Waals surface area contributed by atoms with E-state index in [0.29, 0.717) is 6.42 Å². The van der Waals surface area contributed by atoms with Gasteiger partial charge in [-0.2, -0.15) is 39.5 Å². The van der Waals surface area contributed by atoms with Crippen LogP contribution in [-0.4, -0.2) is 36.0 Å². The Morgan fingerprint density at radius 1 is 0.913 bits per heavy atom. The number of alkyl halides is 9. The minimum Gasteiger partial charge on any atom is -0.367 e. The predicted molar refractivity (Wildman–Crippen MR) is 56.9 cm³/mol. The number of rotatable bonds is 3. The van der Waals surface area contributed by atoms with Gasteiger partial charge in [0.15, 0.2) is 6.29 Å². The molecule has 0 aromatic rings. The number of hydrogen-bond donors (Lipinski definition) is 1. The standard InChI is InChI=1S/C12H13F9O2/c13-10(14,15)7(11(16,17)18)23-8(22)9(12(19,20)21)4-5-1-2-6(9)3-5/h5-8,22H,1-4H2. The van der Waals surface area contributed by atoms with Gasteiger partial charge in [-0.1, -0.05) is 6.42 Å². The summed E-state index contributed by atoms with van der Waals surface area (Å²) in [5.41, 5.74) is -3.09. The van der Waals surface area contributed by atoms with E-state index in [1.54, 1.807) is 0 Å². The molecule has 2 aliphatic carbocycles.